The van der Waals surface area contributed by atoms with Crippen molar-refractivity contribution in [2.24, 2.45) is 5.92 Å². The summed E-state index contributed by atoms with van der Waals surface area (Å²) >= 11 is 0. The molecule has 23 heavy (non-hydrogen) atoms. The topological polar surface area (TPSA) is 77.9 Å². The molecule has 1 aliphatic heterocycles. The first-order valence-electron chi connectivity index (χ1n) is 7.96. The Morgan fingerprint density at radius 2 is 2.09 bits per heavy atom. The lowest BCUT2D eigenvalue weighted by molar-refractivity contribution is 0.208. The van der Waals surface area contributed by atoms with E-state index in [-0.39, 0.29) is 6.61 Å². The van der Waals surface area contributed by atoms with Crippen LogP contribution in [-0.2, 0) is 0 Å². The molecule has 1 fully saturated rings. The van der Waals surface area contributed by atoms with E-state index in [9.17, 15) is 5.11 Å². The second-order valence-electron chi connectivity index (χ2n) is 5.98. The van der Waals surface area contributed by atoms with Crippen molar-refractivity contribution >= 4 is 16.9 Å². The van der Waals surface area contributed by atoms with Crippen LogP contribution in [0, 0.1) is 5.92 Å². The largest absolute Gasteiger partial charge is 0.396 e. The van der Waals surface area contributed by atoms with E-state index in [0.717, 1.165) is 48.3 Å². The van der Waals surface area contributed by atoms with Gasteiger partial charge in [0.25, 0.3) is 0 Å². The Kier molecular flexibility index (Phi) is 3.67. The van der Waals surface area contributed by atoms with Crippen molar-refractivity contribution in [1.29, 1.82) is 0 Å². The van der Waals surface area contributed by atoms with Gasteiger partial charge in [-0.1, -0.05) is 0 Å². The SMILES string of the molecule is OCC1CCCN(c2nc(-c3ccncc3)nc3[nH]ccc23)C1. The number of hydrogen-bond acceptors (Lipinski definition) is 5. The minimum atomic E-state index is 0.231. The molecule has 4 rings (SSSR count). The van der Waals surface area contributed by atoms with Crippen LogP contribution in [0.25, 0.3) is 22.4 Å². The molecular weight excluding hydrogens is 290 g/mol. The summed E-state index contributed by atoms with van der Waals surface area (Å²) in [4.78, 5) is 19.0. The molecule has 6 nitrogen and oxygen atoms in total. The number of rotatable bonds is 3. The third-order valence-corrected chi connectivity index (χ3v) is 4.41. The number of pyridine rings is 1. The molecule has 3 aromatic heterocycles. The summed E-state index contributed by atoms with van der Waals surface area (Å²) in [6.07, 6.45) is 7.55. The molecule has 1 unspecified atom stereocenters. The summed E-state index contributed by atoms with van der Waals surface area (Å²) in [5.74, 6) is 1.96. The van der Waals surface area contributed by atoms with Gasteiger partial charge in [-0.15, -0.1) is 0 Å². The summed E-state index contributed by atoms with van der Waals surface area (Å²) in [5, 5.41) is 10.5. The molecule has 0 bridgehead atoms. The standard InChI is InChI=1S/C17H19N5O/c23-11-12-2-1-9-22(10-12)17-14-5-8-19-16(14)20-15(21-17)13-3-6-18-7-4-13/h3-8,12,23H,1-2,9-11H2,(H,19,20,21). The van der Waals surface area contributed by atoms with Gasteiger partial charge in [-0.3, -0.25) is 4.98 Å². The van der Waals surface area contributed by atoms with Gasteiger partial charge in [0.05, 0.1) is 5.39 Å². The molecule has 118 valence electrons. The van der Waals surface area contributed by atoms with E-state index in [1.54, 1.807) is 12.4 Å². The van der Waals surface area contributed by atoms with E-state index in [1.807, 2.05) is 24.4 Å². The van der Waals surface area contributed by atoms with E-state index in [1.165, 1.54) is 0 Å². The maximum Gasteiger partial charge on any atom is 0.164 e. The summed E-state index contributed by atoms with van der Waals surface area (Å²) in [6.45, 7) is 2.03. The van der Waals surface area contributed by atoms with E-state index in [4.69, 9.17) is 4.98 Å². The predicted molar refractivity (Wildman–Crippen MR) is 89.1 cm³/mol. The quantitative estimate of drug-likeness (QED) is 0.776. The number of nitrogens with zero attached hydrogens (tertiary/aromatic N) is 4. The number of fused-ring (bicyclic) bond motifs is 1. The van der Waals surface area contributed by atoms with Gasteiger partial charge in [-0.05, 0) is 37.0 Å². The van der Waals surface area contributed by atoms with Gasteiger partial charge in [-0.25, -0.2) is 9.97 Å². The zero-order valence-corrected chi connectivity index (χ0v) is 12.8. The number of anilines is 1. The zero-order valence-electron chi connectivity index (χ0n) is 12.8. The highest BCUT2D eigenvalue weighted by Gasteiger charge is 2.23. The highest BCUT2D eigenvalue weighted by atomic mass is 16.3. The lowest BCUT2D eigenvalue weighted by atomic mass is 9.99. The normalized spacial score (nSPS) is 18.5. The average molecular weight is 309 g/mol. The van der Waals surface area contributed by atoms with Crippen molar-refractivity contribution in [2.45, 2.75) is 12.8 Å². The molecule has 1 atom stereocenters. The van der Waals surface area contributed by atoms with Crippen LogP contribution in [0.5, 0.6) is 0 Å². The molecule has 3 aromatic rings. The van der Waals surface area contributed by atoms with Gasteiger partial charge in [0.1, 0.15) is 11.5 Å². The molecular formula is C17H19N5O. The molecule has 1 aliphatic rings. The average Bonchev–Trinajstić information content (AvgIpc) is 3.10. The first-order valence-corrected chi connectivity index (χ1v) is 7.96. The third-order valence-electron chi connectivity index (χ3n) is 4.41. The minimum Gasteiger partial charge on any atom is -0.396 e. The lowest BCUT2D eigenvalue weighted by Gasteiger charge is -2.33. The Morgan fingerprint density at radius 1 is 1.22 bits per heavy atom. The second kappa shape index (κ2) is 5.96. The Balaban J connectivity index is 1.80. The summed E-state index contributed by atoms with van der Waals surface area (Å²) in [6, 6.07) is 5.85. The third kappa shape index (κ3) is 2.66. The molecule has 0 aliphatic carbocycles. The van der Waals surface area contributed by atoms with E-state index < -0.39 is 0 Å². The predicted octanol–water partition coefficient (Wildman–Crippen LogP) is 2.23. The van der Waals surface area contributed by atoms with Crippen LogP contribution in [0.3, 0.4) is 0 Å². The molecule has 4 heterocycles. The fourth-order valence-electron chi connectivity index (χ4n) is 3.20. The molecule has 0 saturated carbocycles. The van der Waals surface area contributed by atoms with Crippen LogP contribution in [0.15, 0.2) is 36.8 Å². The summed E-state index contributed by atoms with van der Waals surface area (Å²) < 4.78 is 0. The second-order valence-corrected chi connectivity index (χ2v) is 5.98. The van der Waals surface area contributed by atoms with Crippen molar-refractivity contribution < 1.29 is 5.11 Å². The van der Waals surface area contributed by atoms with E-state index in [2.05, 4.69) is 19.9 Å². The van der Waals surface area contributed by atoms with Gasteiger partial charge in [0.2, 0.25) is 0 Å². The molecule has 2 N–H and O–H groups in total. The molecule has 0 amide bonds. The smallest absolute Gasteiger partial charge is 0.164 e. The number of piperidine rings is 1. The van der Waals surface area contributed by atoms with Crippen LogP contribution in [-0.4, -0.2) is 44.7 Å². The number of aromatic nitrogens is 4. The van der Waals surface area contributed by atoms with Crippen LogP contribution >= 0.6 is 0 Å². The first-order chi connectivity index (χ1) is 11.3. The van der Waals surface area contributed by atoms with Crippen LogP contribution in [0.4, 0.5) is 5.82 Å². The molecule has 6 heteroatoms. The Hall–Kier alpha value is -2.47. The Morgan fingerprint density at radius 3 is 2.91 bits per heavy atom. The molecule has 0 spiro atoms. The van der Waals surface area contributed by atoms with Crippen LogP contribution < -0.4 is 4.90 Å². The van der Waals surface area contributed by atoms with Gasteiger partial charge >= 0.3 is 0 Å². The number of H-pyrrole nitrogens is 1. The van der Waals surface area contributed by atoms with Crippen molar-refractivity contribution in [2.75, 3.05) is 24.6 Å². The van der Waals surface area contributed by atoms with Gasteiger partial charge in [0.15, 0.2) is 5.82 Å². The van der Waals surface area contributed by atoms with Crippen LogP contribution in [0.2, 0.25) is 0 Å². The van der Waals surface area contributed by atoms with Gasteiger partial charge in [-0.2, -0.15) is 0 Å². The number of aliphatic hydroxyl groups excluding tert-OH is 1. The number of aliphatic hydroxyl groups is 1. The van der Waals surface area contributed by atoms with Crippen molar-refractivity contribution in [1.82, 2.24) is 19.9 Å². The minimum absolute atomic E-state index is 0.231. The fourth-order valence-corrected chi connectivity index (χ4v) is 3.20. The molecule has 1 saturated heterocycles. The number of nitrogens with one attached hydrogen (secondary N) is 1. The highest BCUT2D eigenvalue weighted by molar-refractivity contribution is 5.89. The van der Waals surface area contributed by atoms with Crippen LogP contribution in [0.1, 0.15) is 12.8 Å². The first kappa shape index (κ1) is 14.1. The molecule has 0 aromatic carbocycles. The zero-order chi connectivity index (χ0) is 15.6. The Labute approximate surface area is 134 Å². The van der Waals surface area contributed by atoms with E-state index in [0.29, 0.717) is 11.7 Å². The number of aromatic amines is 1. The summed E-state index contributed by atoms with van der Waals surface area (Å²) in [7, 11) is 0. The number of hydrogen-bond donors (Lipinski definition) is 2. The van der Waals surface area contributed by atoms with Crippen molar-refractivity contribution in [3.05, 3.63) is 36.8 Å². The van der Waals surface area contributed by atoms with Gasteiger partial charge in [0, 0.05) is 43.9 Å². The summed E-state index contributed by atoms with van der Waals surface area (Å²) in [5.41, 5.74) is 1.79. The van der Waals surface area contributed by atoms with E-state index >= 15 is 0 Å². The van der Waals surface area contributed by atoms with Gasteiger partial charge < -0.3 is 15.0 Å². The maximum absolute atomic E-state index is 9.49. The fraction of sp³-hybridized carbons (Fsp3) is 0.353. The monoisotopic (exact) mass is 309 g/mol. The molecule has 0 radical (unpaired) electrons. The maximum atomic E-state index is 9.49. The lowest BCUT2D eigenvalue weighted by Crippen LogP contribution is -2.37. The van der Waals surface area contributed by atoms with Crippen molar-refractivity contribution in [3.63, 3.8) is 0 Å². The van der Waals surface area contributed by atoms with Crippen molar-refractivity contribution in [3.8, 4) is 11.4 Å². The Bertz CT molecular complexity index is 801. The highest BCUT2D eigenvalue weighted by Crippen LogP contribution is 2.29.